The second-order valence-corrected chi connectivity index (χ2v) is 4.77. The minimum atomic E-state index is -1.85. The van der Waals surface area contributed by atoms with Crippen LogP contribution in [0.5, 0.6) is 0 Å². The van der Waals surface area contributed by atoms with Crippen molar-refractivity contribution >= 4 is 11.1 Å². The lowest BCUT2D eigenvalue weighted by Gasteiger charge is -2.09. The molecule has 3 unspecified atom stereocenters. The minimum Gasteiger partial charge on any atom is -0.315 e. The third-order valence-electron chi connectivity index (χ3n) is 2.39. The lowest BCUT2D eigenvalue weighted by molar-refractivity contribution is 0.471. The molecule has 0 aromatic heterocycles. The second kappa shape index (κ2) is 7.47. The summed E-state index contributed by atoms with van der Waals surface area (Å²) in [4.78, 5) is 0. The fraction of sp³-hybridized carbons (Fsp3) is 1.00. The van der Waals surface area contributed by atoms with Crippen molar-refractivity contribution in [2.24, 2.45) is 11.7 Å². The smallest absolute Gasteiger partial charge is 0.170 e. The van der Waals surface area contributed by atoms with Crippen LogP contribution in [-0.4, -0.2) is 14.1 Å². The number of hydrogen-bond acceptors (Lipinski definition) is 2. The van der Waals surface area contributed by atoms with Gasteiger partial charge in [0.25, 0.3) is 0 Å². The molecule has 0 radical (unpaired) electrons. The van der Waals surface area contributed by atoms with Crippen molar-refractivity contribution in [3.63, 3.8) is 0 Å². The van der Waals surface area contributed by atoms with Crippen molar-refractivity contribution < 1.29 is 8.76 Å². The summed E-state index contributed by atoms with van der Waals surface area (Å²) in [7, 11) is 0. The largest absolute Gasteiger partial charge is 0.315 e. The van der Waals surface area contributed by atoms with Crippen LogP contribution < -0.4 is 5.73 Å². The Morgan fingerprint density at radius 2 is 1.92 bits per heavy atom. The lowest BCUT2D eigenvalue weighted by atomic mass is 10.0. The van der Waals surface area contributed by atoms with Crippen LogP contribution in [0.3, 0.4) is 0 Å². The maximum absolute atomic E-state index is 10.5. The van der Waals surface area contributed by atoms with Gasteiger partial charge in [0.05, 0.1) is 0 Å². The van der Waals surface area contributed by atoms with Crippen LogP contribution >= 0.6 is 0 Å². The topological polar surface area (TPSA) is 63.3 Å². The SMILES string of the molecule is CCC(C)CCCCC(N)S(=O)O. The highest BCUT2D eigenvalue weighted by Gasteiger charge is 2.08. The van der Waals surface area contributed by atoms with Crippen molar-refractivity contribution in [2.45, 2.75) is 51.3 Å². The van der Waals surface area contributed by atoms with Crippen LogP contribution in [0.4, 0.5) is 0 Å². The van der Waals surface area contributed by atoms with Gasteiger partial charge in [-0.25, -0.2) is 4.21 Å². The van der Waals surface area contributed by atoms with E-state index >= 15 is 0 Å². The first-order chi connectivity index (χ1) is 6.07. The van der Waals surface area contributed by atoms with Gasteiger partial charge in [-0.3, -0.25) is 0 Å². The molecular formula is C9H21NO2S. The van der Waals surface area contributed by atoms with Gasteiger partial charge in [0.2, 0.25) is 0 Å². The molecule has 0 bridgehead atoms. The van der Waals surface area contributed by atoms with Gasteiger partial charge in [0.15, 0.2) is 11.1 Å². The minimum absolute atomic E-state index is 0.558. The molecule has 0 aromatic rings. The second-order valence-electron chi connectivity index (χ2n) is 3.61. The Morgan fingerprint density at radius 3 is 2.38 bits per heavy atom. The molecule has 0 spiro atoms. The fourth-order valence-corrected chi connectivity index (χ4v) is 1.51. The van der Waals surface area contributed by atoms with Crippen molar-refractivity contribution in [3.05, 3.63) is 0 Å². The Morgan fingerprint density at radius 1 is 1.38 bits per heavy atom. The Bertz CT molecular complexity index is 153. The van der Waals surface area contributed by atoms with Crippen molar-refractivity contribution in [3.8, 4) is 0 Å². The van der Waals surface area contributed by atoms with E-state index in [1.807, 2.05) is 0 Å². The van der Waals surface area contributed by atoms with Gasteiger partial charge in [0.1, 0.15) is 5.37 Å². The van der Waals surface area contributed by atoms with E-state index in [1.165, 1.54) is 12.8 Å². The maximum atomic E-state index is 10.5. The highest BCUT2D eigenvalue weighted by molar-refractivity contribution is 7.79. The number of rotatable bonds is 7. The van der Waals surface area contributed by atoms with Gasteiger partial charge < -0.3 is 10.3 Å². The van der Waals surface area contributed by atoms with Crippen molar-refractivity contribution in [1.29, 1.82) is 0 Å². The van der Waals surface area contributed by atoms with Gasteiger partial charge in [0, 0.05) is 0 Å². The summed E-state index contributed by atoms with van der Waals surface area (Å²) in [5.41, 5.74) is 5.42. The molecule has 0 fully saturated rings. The molecule has 3 N–H and O–H groups in total. The van der Waals surface area contributed by atoms with Crippen molar-refractivity contribution in [2.75, 3.05) is 0 Å². The number of unbranched alkanes of at least 4 members (excludes halogenated alkanes) is 1. The van der Waals surface area contributed by atoms with Crippen LogP contribution in [0.25, 0.3) is 0 Å². The van der Waals surface area contributed by atoms with E-state index in [4.69, 9.17) is 10.3 Å². The Labute approximate surface area is 83.4 Å². The normalized spacial score (nSPS) is 18.2. The number of nitrogens with two attached hydrogens (primary N) is 1. The summed E-state index contributed by atoms with van der Waals surface area (Å²) in [6.45, 7) is 4.41. The quantitative estimate of drug-likeness (QED) is 0.496. The summed E-state index contributed by atoms with van der Waals surface area (Å²) < 4.78 is 19.1. The Hall–Kier alpha value is 0.0700. The van der Waals surface area contributed by atoms with E-state index in [9.17, 15) is 4.21 Å². The van der Waals surface area contributed by atoms with Crippen LogP contribution in [0.15, 0.2) is 0 Å². The Kier molecular flexibility index (Phi) is 7.51. The van der Waals surface area contributed by atoms with Crippen LogP contribution in [-0.2, 0) is 11.1 Å². The van der Waals surface area contributed by atoms with Gasteiger partial charge >= 0.3 is 0 Å². The molecule has 0 aliphatic carbocycles. The van der Waals surface area contributed by atoms with Gasteiger partial charge in [-0.15, -0.1) is 0 Å². The summed E-state index contributed by atoms with van der Waals surface area (Å²) in [5.74, 6) is 0.760. The third kappa shape index (κ3) is 7.16. The summed E-state index contributed by atoms with van der Waals surface area (Å²) in [6, 6.07) is 0. The zero-order valence-electron chi connectivity index (χ0n) is 8.53. The average molecular weight is 207 g/mol. The highest BCUT2D eigenvalue weighted by Crippen LogP contribution is 2.13. The maximum Gasteiger partial charge on any atom is 0.170 e. The lowest BCUT2D eigenvalue weighted by Crippen LogP contribution is -2.24. The van der Waals surface area contributed by atoms with E-state index in [0.29, 0.717) is 6.42 Å². The first-order valence-electron chi connectivity index (χ1n) is 4.93. The molecule has 0 amide bonds. The zero-order valence-corrected chi connectivity index (χ0v) is 9.35. The molecule has 4 heteroatoms. The van der Waals surface area contributed by atoms with Crippen LogP contribution in [0.2, 0.25) is 0 Å². The molecule has 0 rings (SSSR count). The van der Waals surface area contributed by atoms with Gasteiger partial charge in [-0.2, -0.15) is 0 Å². The highest BCUT2D eigenvalue weighted by atomic mass is 32.2. The van der Waals surface area contributed by atoms with E-state index in [1.54, 1.807) is 0 Å². The number of hydrogen-bond donors (Lipinski definition) is 2. The molecule has 13 heavy (non-hydrogen) atoms. The molecule has 3 nitrogen and oxygen atoms in total. The predicted octanol–water partition coefficient (Wildman–Crippen LogP) is 2.10. The van der Waals surface area contributed by atoms with Crippen LogP contribution in [0, 0.1) is 5.92 Å². The third-order valence-corrected chi connectivity index (χ3v) is 3.15. The zero-order chi connectivity index (χ0) is 10.3. The molecule has 80 valence electrons. The standard InChI is InChI=1S/C9H21NO2S/c1-3-8(2)6-4-5-7-9(10)13(11)12/h8-9H,3-7,10H2,1-2H3,(H,11,12). The average Bonchev–Trinajstić information content (AvgIpc) is 2.11. The molecule has 0 saturated heterocycles. The monoisotopic (exact) mass is 207 g/mol. The molecule has 0 aromatic carbocycles. The van der Waals surface area contributed by atoms with Crippen molar-refractivity contribution in [1.82, 2.24) is 0 Å². The van der Waals surface area contributed by atoms with E-state index in [2.05, 4.69) is 13.8 Å². The molecule has 0 saturated carbocycles. The van der Waals surface area contributed by atoms with E-state index < -0.39 is 16.5 Å². The first-order valence-corrected chi connectivity index (χ1v) is 6.10. The summed E-state index contributed by atoms with van der Waals surface area (Å²) in [6.07, 6.45) is 5.12. The van der Waals surface area contributed by atoms with Crippen LogP contribution in [0.1, 0.15) is 46.0 Å². The fourth-order valence-electron chi connectivity index (χ4n) is 1.14. The molecule has 3 atom stereocenters. The summed E-state index contributed by atoms with van der Waals surface area (Å²) >= 11 is -1.85. The molecule has 0 aliphatic rings. The van der Waals surface area contributed by atoms with Gasteiger partial charge in [-0.1, -0.05) is 39.5 Å². The molecule has 0 heterocycles. The summed E-state index contributed by atoms with van der Waals surface area (Å²) in [5, 5.41) is -0.558. The van der Waals surface area contributed by atoms with E-state index in [0.717, 1.165) is 18.8 Å². The van der Waals surface area contributed by atoms with Gasteiger partial charge in [-0.05, 0) is 12.3 Å². The molecule has 0 aliphatic heterocycles. The molecular weight excluding hydrogens is 186 g/mol. The van der Waals surface area contributed by atoms with E-state index in [-0.39, 0.29) is 0 Å². The predicted molar refractivity (Wildman–Crippen MR) is 56.7 cm³/mol. The Balaban J connectivity index is 3.30. The first kappa shape index (κ1) is 13.1.